The molecule has 2 heterocycles. The van der Waals surface area contributed by atoms with E-state index in [0.29, 0.717) is 0 Å². The van der Waals surface area contributed by atoms with Crippen molar-refractivity contribution in [1.82, 2.24) is 10.3 Å². The number of fused-ring (bicyclic) bond motifs is 1. The first-order chi connectivity index (χ1) is 4.47. The molecule has 0 amide bonds. The number of thioether (sulfide) groups is 1. The maximum absolute atomic E-state index is 4.15. The van der Waals surface area contributed by atoms with Crippen molar-refractivity contribution in [3.63, 3.8) is 0 Å². The third-order valence-electron chi connectivity index (χ3n) is 1.53. The van der Waals surface area contributed by atoms with Crippen LogP contribution in [-0.4, -0.2) is 35.5 Å². The Kier molecular flexibility index (Phi) is 1.26. The van der Waals surface area contributed by atoms with Gasteiger partial charge in [-0.25, -0.2) is 0 Å². The van der Waals surface area contributed by atoms with E-state index < -0.39 is 0 Å². The molecule has 0 saturated carbocycles. The Labute approximate surface area is 58.5 Å². The Bertz CT molecular complexity index is 145. The van der Waals surface area contributed by atoms with Crippen LogP contribution in [0.15, 0.2) is 5.10 Å². The van der Waals surface area contributed by atoms with Gasteiger partial charge >= 0.3 is 0 Å². The van der Waals surface area contributed by atoms with E-state index in [1.807, 2.05) is 11.8 Å². The van der Waals surface area contributed by atoms with E-state index in [4.69, 9.17) is 0 Å². The molecule has 1 fully saturated rings. The van der Waals surface area contributed by atoms with Gasteiger partial charge in [0.2, 0.25) is 0 Å². The van der Waals surface area contributed by atoms with Crippen LogP contribution in [0.25, 0.3) is 0 Å². The molecule has 0 aromatic heterocycles. The van der Waals surface area contributed by atoms with E-state index >= 15 is 0 Å². The van der Waals surface area contributed by atoms with E-state index in [2.05, 4.69) is 15.4 Å². The first-order valence-electron chi connectivity index (χ1n) is 3.15. The molecule has 50 valence electrons. The Hall–Kier alpha value is -0.380. The van der Waals surface area contributed by atoms with Crippen molar-refractivity contribution >= 4 is 16.9 Å². The van der Waals surface area contributed by atoms with Gasteiger partial charge in [-0.3, -0.25) is 0 Å². The molecule has 0 atom stereocenters. The van der Waals surface area contributed by atoms with Crippen molar-refractivity contribution in [2.24, 2.45) is 5.10 Å². The fraction of sp³-hybridized carbons (Fsp3) is 0.800. The summed E-state index contributed by atoms with van der Waals surface area (Å²) in [6, 6.07) is 0. The average molecular weight is 143 g/mol. The molecule has 0 aliphatic carbocycles. The zero-order valence-electron chi connectivity index (χ0n) is 5.13. The van der Waals surface area contributed by atoms with Gasteiger partial charge in [-0.1, -0.05) is 11.8 Å². The van der Waals surface area contributed by atoms with Gasteiger partial charge in [0.1, 0.15) is 0 Å². The maximum Gasteiger partial charge on any atom is 0.183 e. The molecule has 0 aromatic carbocycles. The third-order valence-corrected chi connectivity index (χ3v) is 2.53. The fourth-order valence-corrected chi connectivity index (χ4v) is 2.04. The van der Waals surface area contributed by atoms with Crippen molar-refractivity contribution in [3.8, 4) is 0 Å². The van der Waals surface area contributed by atoms with Crippen LogP contribution in [0.2, 0.25) is 0 Å². The minimum Gasteiger partial charge on any atom is -0.347 e. The first-order valence-corrected chi connectivity index (χ1v) is 4.14. The van der Waals surface area contributed by atoms with E-state index in [-0.39, 0.29) is 0 Å². The number of nitrogens with one attached hydrogen (secondary N) is 1. The molecule has 4 heteroatoms. The Morgan fingerprint density at radius 1 is 1.56 bits per heavy atom. The van der Waals surface area contributed by atoms with E-state index in [9.17, 15) is 0 Å². The van der Waals surface area contributed by atoms with E-state index in [1.54, 1.807) is 0 Å². The molecule has 0 unspecified atom stereocenters. The predicted molar refractivity (Wildman–Crippen MR) is 39.5 cm³/mol. The van der Waals surface area contributed by atoms with Crippen molar-refractivity contribution in [3.05, 3.63) is 0 Å². The lowest BCUT2D eigenvalue weighted by Crippen LogP contribution is -2.37. The topological polar surface area (TPSA) is 27.6 Å². The highest BCUT2D eigenvalue weighted by atomic mass is 32.2. The number of hydrogen-bond donors (Lipinski definition) is 1. The molecule has 2 aliphatic heterocycles. The monoisotopic (exact) mass is 143 g/mol. The van der Waals surface area contributed by atoms with Gasteiger partial charge in [0.05, 0.1) is 6.54 Å². The second-order valence-electron chi connectivity index (χ2n) is 2.14. The number of amidine groups is 1. The van der Waals surface area contributed by atoms with Crippen molar-refractivity contribution in [2.45, 2.75) is 0 Å². The van der Waals surface area contributed by atoms with Crippen LogP contribution in [0.3, 0.4) is 0 Å². The lowest BCUT2D eigenvalue weighted by molar-refractivity contribution is 0.423. The van der Waals surface area contributed by atoms with Gasteiger partial charge in [0.15, 0.2) is 5.17 Å². The molecule has 3 nitrogen and oxygen atoms in total. The van der Waals surface area contributed by atoms with Crippen LogP contribution in [0.1, 0.15) is 0 Å². The zero-order valence-corrected chi connectivity index (χ0v) is 5.95. The number of hydrogen-bond acceptors (Lipinski definition) is 4. The zero-order chi connectivity index (χ0) is 6.10. The van der Waals surface area contributed by atoms with Crippen LogP contribution < -0.4 is 5.43 Å². The van der Waals surface area contributed by atoms with Crippen LogP contribution in [0.4, 0.5) is 0 Å². The van der Waals surface area contributed by atoms with Crippen molar-refractivity contribution in [1.29, 1.82) is 0 Å². The quantitative estimate of drug-likeness (QED) is 0.513. The molecule has 0 spiro atoms. The first kappa shape index (κ1) is 5.41. The molecule has 2 rings (SSSR count). The lowest BCUT2D eigenvalue weighted by atomic mass is 10.5. The highest BCUT2D eigenvalue weighted by Gasteiger charge is 2.20. The smallest absolute Gasteiger partial charge is 0.183 e. The highest BCUT2D eigenvalue weighted by molar-refractivity contribution is 8.14. The van der Waals surface area contributed by atoms with E-state index in [1.165, 1.54) is 17.5 Å². The van der Waals surface area contributed by atoms with Gasteiger partial charge in [-0.05, 0) is 0 Å². The van der Waals surface area contributed by atoms with Crippen LogP contribution in [0.5, 0.6) is 0 Å². The van der Waals surface area contributed by atoms with Crippen molar-refractivity contribution in [2.75, 3.05) is 25.4 Å². The van der Waals surface area contributed by atoms with Gasteiger partial charge in [-0.15, -0.1) is 0 Å². The Morgan fingerprint density at radius 3 is 3.44 bits per heavy atom. The summed E-state index contributed by atoms with van der Waals surface area (Å²) in [4.78, 5) is 2.32. The number of rotatable bonds is 0. The second kappa shape index (κ2) is 2.10. The molecule has 0 bridgehead atoms. The molecule has 0 aromatic rings. The summed E-state index contributed by atoms with van der Waals surface area (Å²) in [5.74, 6) is 1.21. The minimum atomic E-state index is 1.00. The predicted octanol–water partition coefficient (Wildman–Crippen LogP) is -0.0906. The molecule has 0 radical (unpaired) electrons. The maximum atomic E-state index is 4.15. The Balaban J connectivity index is 2.16. The molecule has 9 heavy (non-hydrogen) atoms. The summed E-state index contributed by atoms with van der Waals surface area (Å²) in [6.45, 7) is 3.32. The highest BCUT2D eigenvalue weighted by Crippen LogP contribution is 2.17. The third kappa shape index (κ3) is 0.871. The summed E-state index contributed by atoms with van der Waals surface area (Å²) in [5, 5.41) is 5.33. The van der Waals surface area contributed by atoms with Crippen LogP contribution in [0, 0.1) is 0 Å². The van der Waals surface area contributed by atoms with Crippen LogP contribution >= 0.6 is 11.8 Å². The summed E-state index contributed by atoms with van der Waals surface area (Å²) >= 11 is 1.84. The standard InChI is InChI=1S/C5H9N3S/c1-2-8-3-4-9-5(8)7-6-1/h6H,1-4H2. The van der Waals surface area contributed by atoms with Gasteiger partial charge in [0.25, 0.3) is 0 Å². The molecule has 2 aliphatic rings. The van der Waals surface area contributed by atoms with E-state index in [0.717, 1.165) is 13.1 Å². The lowest BCUT2D eigenvalue weighted by Gasteiger charge is -2.21. The minimum absolute atomic E-state index is 1.00. The molecular weight excluding hydrogens is 134 g/mol. The van der Waals surface area contributed by atoms with Gasteiger partial charge < -0.3 is 10.3 Å². The average Bonchev–Trinajstić information content (AvgIpc) is 2.33. The second-order valence-corrected chi connectivity index (χ2v) is 3.20. The summed E-state index contributed by atoms with van der Waals surface area (Å²) < 4.78 is 0. The summed E-state index contributed by atoms with van der Waals surface area (Å²) in [6.07, 6.45) is 0. The summed E-state index contributed by atoms with van der Waals surface area (Å²) in [7, 11) is 0. The number of nitrogens with zero attached hydrogens (tertiary/aromatic N) is 2. The summed E-state index contributed by atoms with van der Waals surface area (Å²) in [5.41, 5.74) is 2.98. The molecule has 1 saturated heterocycles. The Morgan fingerprint density at radius 2 is 2.56 bits per heavy atom. The van der Waals surface area contributed by atoms with Gasteiger partial charge in [0, 0.05) is 18.8 Å². The molecular formula is C5H9N3S. The SMILES string of the molecule is C1CN2CCSC2=NN1. The van der Waals surface area contributed by atoms with Gasteiger partial charge in [-0.2, -0.15) is 5.10 Å². The largest absolute Gasteiger partial charge is 0.347 e. The number of hydrazone groups is 1. The molecule has 1 N–H and O–H groups in total. The van der Waals surface area contributed by atoms with Crippen LogP contribution in [-0.2, 0) is 0 Å². The normalized spacial score (nSPS) is 24.9. The van der Waals surface area contributed by atoms with Crippen molar-refractivity contribution < 1.29 is 0 Å². The fourth-order valence-electron chi connectivity index (χ4n) is 1.05.